The van der Waals surface area contributed by atoms with E-state index in [4.69, 9.17) is 9.47 Å². The summed E-state index contributed by atoms with van der Waals surface area (Å²) in [5, 5.41) is 0. The molecule has 3 nitrogen and oxygen atoms in total. The van der Waals surface area contributed by atoms with Crippen LogP contribution in [0, 0.1) is 0 Å². The monoisotopic (exact) mass is 258 g/mol. The first-order chi connectivity index (χ1) is 8.04. The number of rotatable bonds is 9. The van der Waals surface area contributed by atoms with Crippen LogP contribution in [-0.4, -0.2) is 34.4 Å². The first kappa shape index (κ1) is 16.4. The Balaban J connectivity index is 4.16. The molecule has 2 atom stereocenters. The van der Waals surface area contributed by atoms with E-state index in [1.807, 2.05) is 6.92 Å². The molecule has 0 aliphatic carbocycles. The lowest BCUT2D eigenvalue weighted by Crippen LogP contribution is -2.28. The molecule has 0 saturated carbocycles. The standard InChI is InChI=1S/C13H26O3Si/c1-6-11(9-15-8-3)17-12(7-2)16-13(14)10(4)5/h11-12H,4,6-9,17H2,1-3,5H3. The predicted molar refractivity (Wildman–Crippen MR) is 74.1 cm³/mol. The van der Waals surface area contributed by atoms with Crippen LogP contribution in [0.3, 0.4) is 0 Å². The molecule has 2 unspecified atom stereocenters. The molecule has 4 heteroatoms. The van der Waals surface area contributed by atoms with Crippen LogP contribution in [0.2, 0.25) is 5.54 Å². The molecule has 0 saturated heterocycles. The minimum Gasteiger partial charge on any atom is -0.464 e. The number of hydrogen-bond donors (Lipinski definition) is 0. The maximum absolute atomic E-state index is 11.5. The fraction of sp³-hybridized carbons (Fsp3) is 0.769. The quantitative estimate of drug-likeness (QED) is 0.361. The average molecular weight is 258 g/mol. The normalized spacial score (nSPS) is 14.8. The van der Waals surface area contributed by atoms with Crippen LogP contribution in [0.15, 0.2) is 12.2 Å². The summed E-state index contributed by atoms with van der Waals surface area (Å²) in [6.45, 7) is 13.1. The van der Waals surface area contributed by atoms with Crippen LogP contribution in [0.5, 0.6) is 0 Å². The molecule has 0 amide bonds. The van der Waals surface area contributed by atoms with Gasteiger partial charge in [-0.25, -0.2) is 4.79 Å². The van der Waals surface area contributed by atoms with E-state index in [1.165, 1.54) is 0 Å². The van der Waals surface area contributed by atoms with Gasteiger partial charge in [0.1, 0.15) is 0 Å². The highest BCUT2D eigenvalue weighted by Gasteiger charge is 2.18. The van der Waals surface area contributed by atoms with Gasteiger partial charge in [0, 0.05) is 18.8 Å². The third-order valence-corrected chi connectivity index (χ3v) is 5.56. The Morgan fingerprint density at radius 1 is 1.29 bits per heavy atom. The highest BCUT2D eigenvalue weighted by molar-refractivity contribution is 6.39. The van der Waals surface area contributed by atoms with Crippen molar-refractivity contribution < 1.29 is 14.3 Å². The molecular formula is C13H26O3Si. The van der Waals surface area contributed by atoms with Gasteiger partial charge in [-0.3, -0.25) is 0 Å². The topological polar surface area (TPSA) is 35.5 Å². The van der Waals surface area contributed by atoms with Crippen molar-refractivity contribution >= 4 is 15.5 Å². The van der Waals surface area contributed by atoms with E-state index in [-0.39, 0.29) is 11.7 Å². The Morgan fingerprint density at radius 3 is 2.35 bits per heavy atom. The van der Waals surface area contributed by atoms with Gasteiger partial charge in [-0.2, -0.15) is 0 Å². The maximum Gasteiger partial charge on any atom is 0.333 e. The minimum atomic E-state index is -0.465. The largest absolute Gasteiger partial charge is 0.464 e. The predicted octanol–water partition coefficient (Wildman–Crippen LogP) is 2.25. The lowest BCUT2D eigenvalue weighted by Gasteiger charge is -2.21. The number of carbonyl (C=O) groups is 1. The molecule has 0 heterocycles. The van der Waals surface area contributed by atoms with E-state index in [9.17, 15) is 4.79 Å². The van der Waals surface area contributed by atoms with Gasteiger partial charge in [0.2, 0.25) is 0 Å². The van der Waals surface area contributed by atoms with Crippen LogP contribution in [0.25, 0.3) is 0 Å². The second kappa shape index (κ2) is 9.42. The van der Waals surface area contributed by atoms with Crippen molar-refractivity contribution in [2.24, 2.45) is 0 Å². The van der Waals surface area contributed by atoms with Crippen molar-refractivity contribution in [2.45, 2.75) is 51.8 Å². The fourth-order valence-electron chi connectivity index (χ4n) is 1.56. The van der Waals surface area contributed by atoms with E-state index < -0.39 is 9.52 Å². The smallest absolute Gasteiger partial charge is 0.333 e. The Morgan fingerprint density at radius 2 is 1.94 bits per heavy atom. The summed E-state index contributed by atoms with van der Waals surface area (Å²) in [4.78, 5) is 11.5. The van der Waals surface area contributed by atoms with Gasteiger partial charge in [-0.1, -0.05) is 26.8 Å². The van der Waals surface area contributed by atoms with Crippen molar-refractivity contribution in [3.63, 3.8) is 0 Å². The summed E-state index contributed by atoms with van der Waals surface area (Å²) >= 11 is 0. The van der Waals surface area contributed by atoms with Gasteiger partial charge in [0.05, 0.1) is 15.2 Å². The molecule has 0 aliphatic rings. The van der Waals surface area contributed by atoms with Crippen LogP contribution in [-0.2, 0) is 14.3 Å². The number of esters is 1. The summed E-state index contributed by atoms with van der Waals surface area (Å²) in [7, 11) is -0.465. The zero-order valence-electron chi connectivity index (χ0n) is 11.6. The van der Waals surface area contributed by atoms with Crippen LogP contribution < -0.4 is 0 Å². The van der Waals surface area contributed by atoms with Crippen molar-refractivity contribution in [3.05, 3.63) is 12.2 Å². The Hall–Kier alpha value is -0.613. The van der Waals surface area contributed by atoms with Crippen LogP contribution in [0.4, 0.5) is 0 Å². The molecule has 0 spiro atoms. The zero-order chi connectivity index (χ0) is 13.3. The highest BCUT2D eigenvalue weighted by Crippen LogP contribution is 2.14. The second-order valence-electron chi connectivity index (χ2n) is 4.39. The van der Waals surface area contributed by atoms with E-state index in [2.05, 4.69) is 20.4 Å². The number of hydrogen-bond acceptors (Lipinski definition) is 3. The van der Waals surface area contributed by atoms with Crippen molar-refractivity contribution in [2.75, 3.05) is 13.2 Å². The SMILES string of the molecule is C=C(C)C(=O)OC(CC)[SiH2]C(CC)COCC. The second-order valence-corrected chi connectivity index (χ2v) is 6.92. The molecule has 0 rings (SSSR count). The van der Waals surface area contributed by atoms with E-state index in [0.29, 0.717) is 11.1 Å². The van der Waals surface area contributed by atoms with E-state index in [0.717, 1.165) is 26.1 Å². The summed E-state index contributed by atoms with van der Waals surface area (Å²) in [6.07, 6.45) is 2.00. The molecule has 0 bridgehead atoms. The van der Waals surface area contributed by atoms with Crippen molar-refractivity contribution in [1.29, 1.82) is 0 Å². The zero-order valence-corrected chi connectivity index (χ0v) is 13.0. The summed E-state index contributed by atoms with van der Waals surface area (Å²) in [5.74, 6) is -0.254. The minimum absolute atomic E-state index is 0.115. The van der Waals surface area contributed by atoms with E-state index >= 15 is 0 Å². The van der Waals surface area contributed by atoms with Crippen molar-refractivity contribution in [1.82, 2.24) is 0 Å². The van der Waals surface area contributed by atoms with Gasteiger partial charge in [-0.15, -0.1) is 0 Å². The maximum atomic E-state index is 11.5. The molecule has 17 heavy (non-hydrogen) atoms. The molecule has 0 N–H and O–H groups in total. The van der Waals surface area contributed by atoms with Crippen LogP contribution >= 0.6 is 0 Å². The molecule has 0 aliphatic heterocycles. The van der Waals surface area contributed by atoms with Gasteiger partial charge >= 0.3 is 5.97 Å². The van der Waals surface area contributed by atoms with Gasteiger partial charge in [0.15, 0.2) is 0 Å². The first-order valence-electron chi connectivity index (χ1n) is 6.49. The van der Waals surface area contributed by atoms with Gasteiger partial charge < -0.3 is 9.47 Å². The molecule has 0 aromatic rings. The summed E-state index contributed by atoms with van der Waals surface area (Å²) in [6, 6.07) is 0. The van der Waals surface area contributed by atoms with Gasteiger partial charge in [-0.05, 0) is 25.8 Å². The average Bonchev–Trinajstić information content (AvgIpc) is 2.32. The molecule has 0 radical (unpaired) electrons. The molecule has 0 aromatic heterocycles. The van der Waals surface area contributed by atoms with E-state index in [1.54, 1.807) is 6.92 Å². The molecule has 0 fully saturated rings. The Labute approximate surface area is 107 Å². The van der Waals surface area contributed by atoms with Crippen LogP contribution in [0.1, 0.15) is 40.5 Å². The first-order valence-corrected chi connectivity index (χ1v) is 8.12. The highest BCUT2D eigenvalue weighted by atomic mass is 28.2. The summed E-state index contributed by atoms with van der Waals surface area (Å²) in [5.41, 5.74) is 1.19. The number of ether oxygens (including phenoxy) is 2. The number of carbonyl (C=O) groups excluding carboxylic acids is 1. The Kier molecular flexibility index (Phi) is 9.08. The lowest BCUT2D eigenvalue weighted by molar-refractivity contribution is -0.140. The third kappa shape index (κ3) is 7.34. The third-order valence-electron chi connectivity index (χ3n) is 2.81. The lowest BCUT2D eigenvalue weighted by atomic mass is 10.3. The molecule has 100 valence electrons. The van der Waals surface area contributed by atoms with Crippen molar-refractivity contribution in [3.8, 4) is 0 Å². The Bertz CT molecular complexity index is 241. The van der Waals surface area contributed by atoms with Gasteiger partial charge in [0.25, 0.3) is 0 Å². The molecular weight excluding hydrogens is 232 g/mol. The molecule has 0 aromatic carbocycles. The fourth-order valence-corrected chi connectivity index (χ4v) is 3.52. The summed E-state index contributed by atoms with van der Waals surface area (Å²) < 4.78 is 10.9.